The smallest absolute Gasteiger partial charge is 0.416 e. The van der Waals surface area contributed by atoms with Gasteiger partial charge in [-0.3, -0.25) is 14.3 Å². The number of benzene rings is 3. The van der Waals surface area contributed by atoms with Crippen molar-refractivity contribution in [3.8, 4) is 22.8 Å². The number of carbonyl (C=O) groups is 1. The summed E-state index contributed by atoms with van der Waals surface area (Å²) in [4.78, 5) is 36.1. The fourth-order valence-electron chi connectivity index (χ4n) is 6.05. The van der Waals surface area contributed by atoms with Crippen molar-refractivity contribution < 1.29 is 26.9 Å². The second-order valence-electron chi connectivity index (χ2n) is 12.8. The van der Waals surface area contributed by atoms with Gasteiger partial charge in [0, 0.05) is 12.6 Å². The molecule has 0 saturated heterocycles. The molecule has 0 spiro atoms. The molecule has 11 nitrogen and oxygen atoms in total. The fraction of sp³-hybridized carbons (Fsp3) is 0.216. The first-order valence-corrected chi connectivity index (χ1v) is 15.9. The maximum absolute atomic E-state index is 14.2. The van der Waals surface area contributed by atoms with Crippen LogP contribution in [-0.2, 0) is 26.3 Å². The molecule has 0 radical (unpaired) electrons. The molecule has 0 saturated carbocycles. The van der Waals surface area contributed by atoms with Crippen LogP contribution in [0.1, 0.15) is 46.1 Å². The second-order valence-corrected chi connectivity index (χ2v) is 12.8. The molecular weight excluding hydrogens is 661 g/mol. The highest BCUT2D eigenvalue weighted by molar-refractivity contribution is 6.00. The SMILES string of the molecule is [C-]#[N+]c1ccc(-n2nccc2-c2c(C(=O)N[C@@H](C)c3ncc(C[N+](C)(C)Cc4ccccc4)o3)c(=O)n(-c3cccc(C(F)(F)F)c3)n2C)cc1. The van der Waals surface area contributed by atoms with Gasteiger partial charge >= 0.3 is 6.18 Å². The van der Waals surface area contributed by atoms with Crippen molar-refractivity contribution >= 4 is 11.6 Å². The number of nitrogens with one attached hydrogen (secondary N) is 1. The van der Waals surface area contributed by atoms with E-state index in [0.29, 0.717) is 33.9 Å². The summed E-state index contributed by atoms with van der Waals surface area (Å²) in [5.74, 6) is 0.0334. The second kappa shape index (κ2) is 13.6. The number of nitrogens with zero attached hydrogens (tertiary/aromatic N) is 7. The number of amides is 1. The monoisotopic (exact) mass is 695 g/mol. The summed E-state index contributed by atoms with van der Waals surface area (Å²) < 4.78 is 51.6. The van der Waals surface area contributed by atoms with Crippen LogP contribution in [0.5, 0.6) is 0 Å². The Morgan fingerprint density at radius 2 is 1.73 bits per heavy atom. The maximum atomic E-state index is 14.2. The molecule has 3 aromatic carbocycles. The molecule has 51 heavy (non-hydrogen) atoms. The van der Waals surface area contributed by atoms with E-state index in [2.05, 4.69) is 46.5 Å². The van der Waals surface area contributed by atoms with Gasteiger partial charge in [-0.2, -0.15) is 18.3 Å². The van der Waals surface area contributed by atoms with Crippen molar-refractivity contribution in [1.29, 1.82) is 0 Å². The number of hydrogen-bond acceptors (Lipinski definition) is 5. The molecule has 1 amide bonds. The van der Waals surface area contributed by atoms with Gasteiger partial charge in [0.15, 0.2) is 11.4 Å². The summed E-state index contributed by atoms with van der Waals surface area (Å²) in [7, 11) is 5.61. The standard InChI is InChI=1S/C37H33F3N8O3/c1-24(35-42-21-30(51-35)23-48(4,5)22-25-10-7-6-8-11-25)44-34(49)32-33(31-18-19-43-46(31)28-16-14-27(41-2)15-17-28)45(3)47(36(32)50)29-13-9-12-26(20-29)37(38,39)40/h6-21,24H,22-23H2,1,3-5H3/p+1/t24-/m0/s1. The normalized spacial score (nSPS) is 12.4. The first kappa shape index (κ1) is 34.7. The van der Waals surface area contributed by atoms with Gasteiger partial charge in [-0.15, -0.1) is 0 Å². The minimum absolute atomic E-state index is 0.0910. The number of hydrogen-bond donors (Lipinski definition) is 1. The van der Waals surface area contributed by atoms with Gasteiger partial charge < -0.3 is 14.2 Å². The van der Waals surface area contributed by atoms with E-state index in [4.69, 9.17) is 11.0 Å². The predicted molar refractivity (Wildman–Crippen MR) is 183 cm³/mol. The number of alkyl halides is 3. The van der Waals surface area contributed by atoms with E-state index in [1.165, 1.54) is 40.3 Å². The van der Waals surface area contributed by atoms with E-state index >= 15 is 0 Å². The van der Waals surface area contributed by atoms with Crippen LogP contribution in [-0.4, -0.2) is 48.6 Å². The zero-order valence-corrected chi connectivity index (χ0v) is 28.2. The largest absolute Gasteiger partial charge is 0.437 e. The van der Waals surface area contributed by atoms with Crippen molar-refractivity contribution in [2.45, 2.75) is 32.2 Å². The number of quaternary nitrogens is 1. The third-order valence-electron chi connectivity index (χ3n) is 8.35. The Labute approximate surface area is 291 Å². The van der Waals surface area contributed by atoms with Crippen LogP contribution in [0.4, 0.5) is 18.9 Å². The van der Waals surface area contributed by atoms with Crippen LogP contribution >= 0.6 is 0 Å². The van der Waals surface area contributed by atoms with E-state index in [9.17, 15) is 22.8 Å². The average Bonchev–Trinajstić information content (AvgIpc) is 3.82. The van der Waals surface area contributed by atoms with Crippen LogP contribution < -0.4 is 10.9 Å². The third-order valence-corrected chi connectivity index (χ3v) is 8.35. The quantitative estimate of drug-likeness (QED) is 0.125. The van der Waals surface area contributed by atoms with Crippen LogP contribution in [0.25, 0.3) is 27.6 Å². The third kappa shape index (κ3) is 7.24. The van der Waals surface area contributed by atoms with E-state index in [0.717, 1.165) is 23.4 Å². The zero-order chi connectivity index (χ0) is 36.5. The molecule has 0 aliphatic heterocycles. The van der Waals surface area contributed by atoms with Crippen LogP contribution in [0.2, 0.25) is 0 Å². The van der Waals surface area contributed by atoms with E-state index in [1.54, 1.807) is 43.5 Å². The molecule has 6 aromatic rings. The first-order chi connectivity index (χ1) is 24.3. The number of rotatable bonds is 10. The molecule has 1 N–H and O–H groups in total. The lowest BCUT2D eigenvalue weighted by Gasteiger charge is -2.28. The number of aromatic nitrogens is 5. The average molecular weight is 696 g/mol. The Balaban J connectivity index is 1.36. The molecule has 14 heteroatoms. The fourth-order valence-corrected chi connectivity index (χ4v) is 6.05. The Morgan fingerprint density at radius 1 is 1.00 bits per heavy atom. The lowest BCUT2D eigenvalue weighted by Crippen LogP contribution is -2.37. The Hall–Kier alpha value is -6.20. The molecule has 0 aliphatic carbocycles. The maximum Gasteiger partial charge on any atom is 0.416 e. The minimum Gasteiger partial charge on any atom is -0.437 e. The summed E-state index contributed by atoms with van der Waals surface area (Å²) in [5.41, 5.74) is 0.289. The van der Waals surface area contributed by atoms with Crippen LogP contribution in [0.3, 0.4) is 0 Å². The summed E-state index contributed by atoms with van der Waals surface area (Å²) in [6, 6.07) is 21.7. The summed E-state index contributed by atoms with van der Waals surface area (Å²) in [5, 5.41) is 7.20. The predicted octanol–water partition coefficient (Wildman–Crippen LogP) is 6.85. The van der Waals surface area contributed by atoms with Crippen molar-refractivity contribution in [3.05, 3.63) is 147 Å². The Morgan fingerprint density at radius 3 is 2.41 bits per heavy atom. The first-order valence-electron chi connectivity index (χ1n) is 15.9. The molecule has 6 rings (SSSR count). The highest BCUT2D eigenvalue weighted by Crippen LogP contribution is 2.32. The van der Waals surface area contributed by atoms with E-state index in [-0.39, 0.29) is 22.8 Å². The molecule has 0 bridgehead atoms. The van der Waals surface area contributed by atoms with Gasteiger partial charge in [0.2, 0.25) is 5.89 Å². The zero-order valence-electron chi connectivity index (χ0n) is 28.2. The van der Waals surface area contributed by atoms with Crippen molar-refractivity contribution in [2.75, 3.05) is 14.1 Å². The minimum atomic E-state index is -4.66. The summed E-state index contributed by atoms with van der Waals surface area (Å²) >= 11 is 0. The van der Waals surface area contributed by atoms with Gasteiger partial charge in [-0.1, -0.05) is 48.5 Å². The van der Waals surface area contributed by atoms with Crippen LogP contribution in [0.15, 0.2) is 107 Å². The van der Waals surface area contributed by atoms with Gasteiger partial charge in [-0.05, 0) is 43.3 Å². The Bertz CT molecular complexity index is 2290. The van der Waals surface area contributed by atoms with E-state index in [1.807, 2.05) is 18.2 Å². The molecule has 3 aromatic heterocycles. The van der Waals surface area contributed by atoms with Crippen molar-refractivity contribution in [1.82, 2.24) is 29.4 Å². The van der Waals surface area contributed by atoms with Crippen LogP contribution in [0, 0.1) is 6.57 Å². The summed E-state index contributed by atoms with van der Waals surface area (Å²) in [6.45, 7) is 10.2. The number of carbonyl (C=O) groups excluding carboxylic acids is 1. The highest BCUT2D eigenvalue weighted by Gasteiger charge is 2.33. The molecule has 0 aliphatic rings. The molecule has 0 unspecified atom stereocenters. The van der Waals surface area contributed by atoms with Gasteiger partial charge in [-0.25, -0.2) is 19.2 Å². The van der Waals surface area contributed by atoms with Gasteiger partial charge in [0.25, 0.3) is 11.5 Å². The Kier molecular flexibility index (Phi) is 9.24. The van der Waals surface area contributed by atoms with E-state index < -0.39 is 29.2 Å². The molecular formula is C37H34F3N8O3+. The highest BCUT2D eigenvalue weighted by atomic mass is 19.4. The molecule has 3 heterocycles. The topological polar surface area (TPSA) is 104 Å². The lowest BCUT2D eigenvalue weighted by molar-refractivity contribution is -0.917. The van der Waals surface area contributed by atoms with Crippen molar-refractivity contribution in [3.63, 3.8) is 0 Å². The van der Waals surface area contributed by atoms with Gasteiger partial charge in [0.1, 0.15) is 30.4 Å². The number of halogens is 3. The van der Waals surface area contributed by atoms with Crippen molar-refractivity contribution in [2.24, 2.45) is 7.05 Å². The summed E-state index contributed by atoms with van der Waals surface area (Å²) in [6.07, 6.45) is -1.58. The molecule has 1 atom stereocenters. The van der Waals surface area contributed by atoms with Gasteiger partial charge in [0.05, 0.1) is 55.7 Å². The molecule has 0 fully saturated rings. The lowest BCUT2D eigenvalue weighted by atomic mass is 10.1. The number of oxazole rings is 1. The molecule has 260 valence electrons.